The summed E-state index contributed by atoms with van der Waals surface area (Å²) in [5.41, 5.74) is -0.488. The van der Waals surface area contributed by atoms with Gasteiger partial charge in [-0.25, -0.2) is 0 Å². The maximum Gasteiger partial charge on any atom is 0.324 e. The van der Waals surface area contributed by atoms with E-state index in [1.165, 1.54) is 0 Å². The average molecular weight is 291 g/mol. The van der Waals surface area contributed by atoms with Gasteiger partial charge in [-0.05, 0) is 33.1 Å². The molecule has 3 rings (SSSR count). The second-order valence-electron chi connectivity index (χ2n) is 7.16. The Bertz CT molecular complexity index is 521. The molecule has 1 aliphatic heterocycles. The molecule has 0 radical (unpaired) electrons. The van der Waals surface area contributed by atoms with E-state index in [-0.39, 0.29) is 35.9 Å². The van der Waals surface area contributed by atoms with Gasteiger partial charge in [0, 0.05) is 17.8 Å². The fraction of sp³-hybridized carbons (Fsp3) is 0.812. The fourth-order valence-corrected chi connectivity index (χ4v) is 3.99. The van der Waals surface area contributed by atoms with E-state index in [0.29, 0.717) is 0 Å². The number of hydrogen-bond donors (Lipinski definition) is 0. The summed E-state index contributed by atoms with van der Waals surface area (Å²) in [4.78, 5) is 24.0. The van der Waals surface area contributed by atoms with Crippen LogP contribution in [0.1, 0.15) is 40.0 Å². The van der Waals surface area contributed by atoms with Gasteiger partial charge in [-0.1, -0.05) is 6.92 Å². The van der Waals surface area contributed by atoms with Crippen molar-refractivity contribution in [2.75, 3.05) is 0 Å². The van der Waals surface area contributed by atoms with Crippen LogP contribution in [0.15, 0.2) is 0 Å². The Morgan fingerprint density at radius 3 is 2.81 bits per heavy atom. The highest BCUT2D eigenvalue weighted by molar-refractivity contribution is 5.79. The number of nitrogens with zero attached hydrogens (tertiary/aromatic N) is 1. The van der Waals surface area contributed by atoms with Crippen molar-refractivity contribution in [3.63, 3.8) is 0 Å². The first-order chi connectivity index (χ1) is 9.89. The molecule has 0 aromatic heterocycles. The monoisotopic (exact) mass is 291 g/mol. The number of esters is 2. The van der Waals surface area contributed by atoms with Crippen LogP contribution in [0.5, 0.6) is 0 Å². The molecule has 6 unspecified atom stereocenters. The van der Waals surface area contributed by atoms with Gasteiger partial charge in [0.2, 0.25) is 0 Å². The smallest absolute Gasteiger partial charge is 0.324 e. The highest BCUT2D eigenvalue weighted by atomic mass is 16.6. The largest absolute Gasteiger partial charge is 0.462 e. The molecular formula is C16H21NO4. The summed E-state index contributed by atoms with van der Waals surface area (Å²) in [7, 11) is 0. The molecular weight excluding hydrogens is 270 g/mol. The second-order valence-corrected chi connectivity index (χ2v) is 7.16. The first kappa shape index (κ1) is 14.4. The lowest BCUT2D eigenvalue weighted by molar-refractivity contribution is -0.165. The summed E-state index contributed by atoms with van der Waals surface area (Å²) in [6.07, 6.45) is 2.07. The van der Waals surface area contributed by atoms with Crippen molar-refractivity contribution >= 4 is 11.9 Å². The molecule has 5 heteroatoms. The van der Waals surface area contributed by atoms with Gasteiger partial charge in [-0.2, -0.15) is 5.26 Å². The molecule has 1 heterocycles. The third kappa shape index (κ3) is 2.04. The van der Waals surface area contributed by atoms with Crippen LogP contribution >= 0.6 is 0 Å². The highest BCUT2D eigenvalue weighted by Gasteiger charge is 2.63. The van der Waals surface area contributed by atoms with Gasteiger partial charge >= 0.3 is 11.9 Å². The van der Waals surface area contributed by atoms with Crippen molar-refractivity contribution < 1.29 is 19.1 Å². The Morgan fingerprint density at radius 1 is 1.48 bits per heavy atom. The summed E-state index contributed by atoms with van der Waals surface area (Å²) in [6.45, 7) is 5.73. The molecule has 3 aliphatic rings. The topological polar surface area (TPSA) is 76.4 Å². The highest BCUT2D eigenvalue weighted by Crippen LogP contribution is 2.56. The van der Waals surface area contributed by atoms with E-state index in [4.69, 9.17) is 9.47 Å². The normalized spacial score (nSPS) is 40.6. The van der Waals surface area contributed by atoms with E-state index in [9.17, 15) is 14.9 Å². The number of carbonyl (C=O) groups excluding carboxylic acids is 2. The zero-order valence-electron chi connectivity index (χ0n) is 12.7. The van der Waals surface area contributed by atoms with Gasteiger partial charge < -0.3 is 9.47 Å². The maximum atomic E-state index is 12.3. The van der Waals surface area contributed by atoms with Crippen LogP contribution in [-0.4, -0.2) is 24.1 Å². The van der Waals surface area contributed by atoms with Crippen molar-refractivity contribution in [1.82, 2.24) is 0 Å². The van der Waals surface area contributed by atoms with Crippen molar-refractivity contribution in [3.05, 3.63) is 0 Å². The minimum absolute atomic E-state index is 0.0905. The lowest BCUT2D eigenvalue weighted by atomic mass is 9.78. The van der Waals surface area contributed by atoms with E-state index in [1.54, 1.807) is 0 Å². The van der Waals surface area contributed by atoms with Crippen LogP contribution in [0.4, 0.5) is 0 Å². The van der Waals surface area contributed by atoms with Gasteiger partial charge in [0.1, 0.15) is 12.2 Å². The van der Waals surface area contributed by atoms with Crippen molar-refractivity contribution in [2.24, 2.45) is 29.1 Å². The van der Waals surface area contributed by atoms with E-state index in [2.05, 4.69) is 6.07 Å². The molecule has 2 saturated carbocycles. The summed E-state index contributed by atoms with van der Waals surface area (Å²) < 4.78 is 11.1. The number of ether oxygens (including phenoxy) is 2. The zero-order chi connectivity index (χ0) is 15.4. The van der Waals surface area contributed by atoms with Crippen molar-refractivity contribution in [1.29, 1.82) is 5.26 Å². The molecule has 2 aliphatic carbocycles. The predicted octanol–water partition coefficient (Wildman–Crippen LogP) is 2.06. The van der Waals surface area contributed by atoms with Gasteiger partial charge in [0.05, 0.1) is 11.5 Å². The van der Waals surface area contributed by atoms with Crippen LogP contribution < -0.4 is 0 Å². The third-order valence-electron chi connectivity index (χ3n) is 5.65. The third-order valence-corrected chi connectivity index (χ3v) is 5.65. The van der Waals surface area contributed by atoms with Crippen LogP contribution in [0.25, 0.3) is 0 Å². The Hall–Kier alpha value is -1.57. The predicted molar refractivity (Wildman–Crippen MR) is 72.6 cm³/mol. The molecule has 114 valence electrons. The molecule has 3 fully saturated rings. The molecule has 6 atom stereocenters. The molecule has 5 nitrogen and oxygen atoms in total. The lowest BCUT2D eigenvalue weighted by Gasteiger charge is -2.32. The molecule has 0 amide bonds. The average Bonchev–Trinajstić information content (AvgIpc) is 3.07. The van der Waals surface area contributed by atoms with Crippen LogP contribution in [0.3, 0.4) is 0 Å². The van der Waals surface area contributed by atoms with Crippen molar-refractivity contribution in [3.8, 4) is 6.07 Å². The van der Waals surface area contributed by atoms with E-state index < -0.39 is 17.3 Å². The first-order valence-electron chi connectivity index (χ1n) is 7.70. The number of nitriles is 1. The molecule has 0 aromatic carbocycles. The minimum atomic E-state index is -0.689. The molecule has 1 saturated heterocycles. The molecule has 0 aromatic rings. The minimum Gasteiger partial charge on any atom is -0.462 e. The SMILES string of the molecule is CCC(C)(C)C(=O)OC1CC2CC1C1C(C#N)C(=O)OC21. The number of hydrogen-bond acceptors (Lipinski definition) is 5. The fourth-order valence-electron chi connectivity index (χ4n) is 3.99. The quantitative estimate of drug-likeness (QED) is 0.744. The van der Waals surface area contributed by atoms with E-state index in [0.717, 1.165) is 19.3 Å². The summed E-state index contributed by atoms with van der Waals surface area (Å²) >= 11 is 0. The van der Waals surface area contributed by atoms with Crippen LogP contribution in [-0.2, 0) is 19.1 Å². The Kier molecular flexibility index (Phi) is 3.23. The summed E-state index contributed by atoms with van der Waals surface area (Å²) in [5.74, 6) is -1.03. The Morgan fingerprint density at radius 2 is 2.19 bits per heavy atom. The first-order valence-corrected chi connectivity index (χ1v) is 7.70. The molecule has 21 heavy (non-hydrogen) atoms. The van der Waals surface area contributed by atoms with Gasteiger partial charge in [-0.3, -0.25) is 9.59 Å². The number of fused-ring (bicyclic) bond motifs is 5. The number of rotatable bonds is 3. The molecule has 0 spiro atoms. The van der Waals surface area contributed by atoms with E-state index >= 15 is 0 Å². The van der Waals surface area contributed by atoms with E-state index in [1.807, 2.05) is 20.8 Å². The Labute approximate surface area is 124 Å². The van der Waals surface area contributed by atoms with Gasteiger partial charge in [-0.15, -0.1) is 0 Å². The van der Waals surface area contributed by atoms with Crippen LogP contribution in [0, 0.1) is 40.4 Å². The van der Waals surface area contributed by atoms with Gasteiger partial charge in [0.25, 0.3) is 0 Å². The molecule has 2 bridgehead atoms. The Balaban J connectivity index is 1.74. The zero-order valence-corrected chi connectivity index (χ0v) is 12.7. The number of carbonyl (C=O) groups is 2. The maximum absolute atomic E-state index is 12.3. The lowest BCUT2D eigenvalue weighted by Crippen LogP contribution is -2.39. The van der Waals surface area contributed by atoms with Crippen LogP contribution in [0.2, 0.25) is 0 Å². The van der Waals surface area contributed by atoms with Gasteiger partial charge in [0.15, 0.2) is 5.92 Å². The summed E-state index contributed by atoms with van der Waals surface area (Å²) in [5, 5.41) is 9.19. The summed E-state index contributed by atoms with van der Waals surface area (Å²) in [6, 6.07) is 2.07. The standard InChI is InChI=1S/C16H21NO4/c1-4-16(2,3)15(19)20-11-6-8-5-9(11)12-10(7-17)14(18)21-13(8)12/h8-13H,4-6H2,1-3H3. The molecule has 0 N–H and O–H groups in total. The van der Waals surface area contributed by atoms with Crippen molar-refractivity contribution in [2.45, 2.75) is 52.2 Å². The second kappa shape index (κ2) is 4.72.